The van der Waals surface area contributed by atoms with Crippen molar-refractivity contribution in [3.05, 3.63) is 107 Å². The fourth-order valence-electron chi connectivity index (χ4n) is 3.53. The van der Waals surface area contributed by atoms with E-state index in [2.05, 4.69) is 15.3 Å². The Labute approximate surface area is 202 Å². The summed E-state index contributed by atoms with van der Waals surface area (Å²) in [6.07, 6.45) is 3.19. The molecule has 0 spiro atoms. The number of hydrogen-bond acceptors (Lipinski definition) is 4. The minimum Gasteiger partial charge on any atom is -0.618 e. The van der Waals surface area contributed by atoms with Crippen molar-refractivity contribution in [3.8, 4) is 22.8 Å². The monoisotopic (exact) mass is 492 g/mol. The van der Waals surface area contributed by atoms with E-state index in [1.165, 1.54) is 54.7 Å². The van der Waals surface area contributed by atoms with Gasteiger partial charge in [-0.2, -0.15) is 4.73 Å². The van der Waals surface area contributed by atoms with Gasteiger partial charge in [-0.05, 0) is 42.5 Å². The van der Waals surface area contributed by atoms with Crippen molar-refractivity contribution in [2.75, 3.05) is 5.32 Å². The van der Waals surface area contributed by atoms with Crippen LogP contribution in [-0.2, 0) is 0 Å². The van der Waals surface area contributed by atoms with E-state index in [4.69, 9.17) is 16.3 Å². The van der Waals surface area contributed by atoms with E-state index in [1.807, 2.05) is 0 Å². The van der Waals surface area contributed by atoms with E-state index < -0.39 is 17.5 Å². The summed E-state index contributed by atoms with van der Waals surface area (Å²) in [6.45, 7) is 0. The fourth-order valence-corrected chi connectivity index (χ4v) is 3.73. The summed E-state index contributed by atoms with van der Waals surface area (Å²) in [7, 11) is 0. The van der Waals surface area contributed by atoms with Crippen LogP contribution in [-0.4, -0.2) is 15.9 Å². The largest absolute Gasteiger partial charge is 0.618 e. The third-order valence-corrected chi connectivity index (χ3v) is 5.54. The van der Waals surface area contributed by atoms with Gasteiger partial charge in [0.25, 0.3) is 5.69 Å². The molecule has 0 aliphatic rings. The molecule has 10 heteroatoms. The number of anilines is 1. The molecule has 0 radical (unpaired) electrons. The number of aromatic nitrogens is 3. The number of rotatable bonds is 5. The Kier molecular flexibility index (Phi) is 5.76. The smallest absolute Gasteiger partial charge is 0.321 e. The van der Waals surface area contributed by atoms with Gasteiger partial charge in [0.15, 0.2) is 11.6 Å². The van der Waals surface area contributed by atoms with E-state index >= 15 is 0 Å². The molecule has 1 amide bonds. The van der Waals surface area contributed by atoms with Crippen molar-refractivity contribution in [2.24, 2.45) is 0 Å². The van der Waals surface area contributed by atoms with Crippen LogP contribution in [0.4, 0.5) is 14.5 Å². The van der Waals surface area contributed by atoms with E-state index in [0.717, 1.165) is 6.07 Å². The molecular formula is C25H15ClF2N4O3. The molecule has 3 heterocycles. The van der Waals surface area contributed by atoms with E-state index in [1.54, 1.807) is 18.3 Å². The van der Waals surface area contributed by atoms with Crippen molar-refractivity contribution in [3.63, 3.8) is 0 Å². The highest BCUT2D eigenvalue weighted by atomic mass is 35.5. The number of carbonyl (C=O) groups excluding carboxylic acids is 1. The van der Waals surface area contributed by atoms with Gasteiger partial charge in [0.1, 0.15) is 17.2 Å². The molecular weight excluding hydrogens is 478 g/mol. The molecule has 3 aromatic heterocycles. The predicted molar refractivity (Wildman–Crippen MR) is 126 cm³/mol. The Hall–Kier alpha value is -4.50. The number of carbonyl (C=O) groups is 1. The van der Waals surface area contributed by atoms with Gasteiger partial charge in [-0.3, -0.25) is 4.79 Å². The van der Waals surface area contributed by atoms with Crippen LogP contribution in [0.5, 0.6) is 11.5 Å². The summed E-state index contributed by atoms with van der Waals surface area (Å²) < 4.78 is 34.2. The molecule has 5 aromatic rings. The lowest BCUT2D eigenvalue weighted by atomic mass is 10.1. The Morgan fingerprint density at radius 1 is 1.06 bits per heavy atom. The minimum absolute atomic E-state index is 0.00116. The summed E-state index contributed by atoms with van der Waals surface area (Å²) >= 11 is 6.28. The normalized spacial score (nSPS) is 10.9. The molecule has 5 rings (SSSR count). The van der Waals surface area contributed by atoms with Crippen LogP contribution in [0.25, 0.3) is 22.3 Å². The van der Waals surface area contributed by atoms with Gasteiger partial charge in [-0.25, -0.2) is 13.8 Å². The topological polar surface area (TPSA) is 93.9 Å². The summed E-state index contributed by atoms with van der Waals surface area (Å²) in [6, 6.07) is 15.1. The second-order valence-corrected chi connectivity index (χ2v) is 7.87. The molecule has 0 saturated heterocycles. The van der Waals surface area contributed by atoms with Gasteiger partial charge < -0.3 is 20.2 Å². The van der Waals surface area contributed by atoms with Gasteiger partial charge in [0, 0.05) is 42.2 Å². The maximum atomic E-state index is 14.8. The molecule has 2 aromatic carbocycles. The molecule has 0 bridgehead atoms. The predicted octanol–water partition coefficient (Wildman–Crippen LogP) is 5.84. The van der Waals surface area contributed by atoms with Crippen LogP contribution in [0.1, 0.15) is 10.5 Å². The van der Waals surface area contributed by atoms with E-state index in [9.17, 15) is 18.8 Å². The lowest BCUT2D eigenvalue weighted by Gasteiger charge is -2.13. The summed E-state index contributed by atoms with van der Waals surface area (Å²) in [4.78, 5) is 19.9. The quantitative estimate of drug-likeness (QED) is 0.238. The first-order chi connectivity index (χ1) is 16.9. The summed E-state index contributed by atoms with van der Waals surface area (Å²) in [5.74, 6) is -1.82. The number of H-pyrrole nitrogens is 1. The summed E-state index contributed by atoms with van der Waals surface area (Å²) in [5, 5.41) is 15.9. The SMILES string of the molecule is O=C(Nc1cc(F)c(Oc2ccnc3[nH]ccc23)cc1Cl)c1cccc(-c2ccc(F)cc2)[n+]1[O-]. The zero-order valence-corrected chi connectivity index (χ0v) is 18.5. The average molecular weight is 493 g/mol. The highest BCUT2D eigenvalue weighted by molar-refractivity contribution is 6.34. The standard InChI is InChI=1S/C25H15ClF2N4O3/c26-17-12-23(35-22-9-11-30-24-16(22)8-10-29-24)18(28)13-19(17)31-25(33)21-3-1-2-20(32(21)34)14-4-6-15(27)7-5-14/h1-13H,(H,29,30)(H,31,33). The lowest BCUT2D eigenvalue weighted by Crippen LogP contribution is -2.38. The van der Waals surface area contributed by atoms with Gasteiger partial charge in [-0.15, -0.1) is 0 Å². The van der Waals surface area contributed by atoms with Crippen molar-refractivity contribution in [1.29, 1.82) is 0 Å². The van der Waals surface area contributed by atoms with Gasteiger partial charge in [-0.1, -0.05) is 11.6 Å². The third kappa shape index (κ3) is 4.36. The molecule has 174 valence electrons. The molecule has 7 nitrogen and oxygen atoms in total. The zero-order chi connectivity index (χ0) is 24.5. The zero-order valence-electron chi connectivity index (χ0n) is 17.8. The number of nitrogens with zero attached hydrogens (tertiary/aromatic N) is 2. The Balaban J connectivity index is 1.40. The van der Waals surface area contributed by atoms with Crippen molar-refractivity contribution in [2.45, 2.75) is 0 Å². The minimum atomic E-state index is -0.804. The second-order valence-electron chi connectivity index (χ2n) is 7.47. The number of halogens is 3. The number of amides is 1. The van der Waals surface area contributed by atoms with Gasteiger partial charge in [0.2, 0.25) is 5.69 Å². The second kappa shape index (κ2) is 9.03. The van der Waals surface area contributed by atoms with Crippen molar-refractivity contribution < 1.29 is 23.0 Å². The van der Waals surface area contributed by atoms with E-state index in [-0.39, 0.29) is 27.8 Å². The molecule has 0 atom stereocenters. The number of benzene rings is 2. The fraction of sp³-hybridized carbons (Fsp3) is 0. The molecule has 0 saturated carbocycles. The highest BCUT2D eigenvalue weighted by Crippen LogP contribution is 2.35. The number of hydrogen-bond donors (Lipinski definition) is 2. The van der Waals surface area contributed by atoms with Crippen LogP contribution >= 0.6 is 11.6 Å². The maximum Gasteiger partial charge on any atom is 0.321 e. The average Bonchev–Trinajstić information content (AvgIpc) is 3.33. The molecule has 35 heavy (non-hydrogen) atoms. The molecule has 2 N–H and O–H groups in total. The Morgan fingerprint density at radius 3 is 2.66 bits per heavy atom. The first-order valence-electron chi connectivity index (χ1n) is 10.3. The van der Waals surface area contributed by atoms with Crippen LogP contribution in [0.2, 0.25) is 5.02 Å². The van der Waals surface area contributed by atoms with Crippen LogP contribution in [0, 0.1) is 16.8 Å². The molecule has 0 aliphatic heterocycles. The molecule has 0 unspecified atom stereocenters. The number of ether oxygens (including phenoxy) is 1. The van der Waals surface area contributed by atoms with Crippen LogP contribution in [0.15, 0.2) is 79.1 Å². The first kappa shape index (κ1) is 22.3. The van der Waals surface area contributed by atoms with Gasteiger partial charge in [0.05, 0.1) is 16.1 Å². The number of fused-ring (bicyclic) bond motifs is 1. The highest BCUT2D eigenvalue weighted by Gasteiger charge is 2.22. The third-order valence-electron chi connectivity index (χ3n) is 5.23. The van der Waals surface area contributed by atoms with Crippen molar-refractivity contribution in [1.82, 2.24) is 9.97 Å². The number of aromatic amines is 1. The lowest BCUT2D eigenvalue weighted by molar-refractivity contribution is -0.595. The van der Waals surface area contributed by atoms with E-state index in [0.29, 0.717) is 27.1 Å². The Bertz CT molecular complexity index is 1570. The molecule has 0 aliphatic carbocycles. The van der Waals surface area contributed by atoms with Crippen LogP contribution in [0.3, 0.4) is 0 Å². The number of nitrogens with one attached hydrogen (secondary N) is 2. The van der Waals surface area contributed by atoms with Crippen molar-refractivity contribution >= 4 is 34.2 Å². The maximum absolute atomic E-state index is 14.8. The number of pyridine rings is 2. The molecule has 0 fully saturated rings. The van der Waals surface area contributed by atoms with Gasteiger partial charge >= 0.3 is 5.91 Å². The summed E-state index contributed by atoms with van der Waals surface area (Å²) in [5.41, 5.74) is 0.846. The first-order valence-corrected chi connectivity index (χ1v) is 10.7. The Morgan fingerprint density at radius 2 is 1.86 bits per heavy atom. The van der Waals surface area contributed by atoms with Crippen LogP contribution < -0.4 is 14.8 Å².